The average Bonchev–Trinajstić information content (AvgIpc) is 2.72. The van der Waals surface area contributed by atoms with E-state index in [1.165, 1.54) is 5.41 Å². The van der Waals surface area contributed by atoms with Crippen molar-refractivity contribution in [3.63, 3.8) is 0 Å². The van der Waals surface area contributed by atoms with Crippen molar-refractivity contribution in [1.29, 1.82) is 0 Å². The molecule has 1 atom stereocenters. The van der Waals surface area contributed by atoms with E-state index in [4.69, 9.17) is 23.2 Å². The molecule has 0 N–H and O–H groups in total. The first-order valence-corrected chi connectivity index (χ1v) is 12.9. The van der Waals surface area contributed by atoms with E-state index in [1.807, 2.05) is 48.5 Å². The number of hydrogen-bond acceptors (Lipinski definition) is 3. The molecule has 4 rings (SSSR count). The van der Waals surface area contributed by atoms with Gasteiger partial charge in [0.2, 0.25) is 0 Å². The number of rotatable bonds is 7. The van der Waals surface area contributed by atoms with Crippen molar-refractivity contribution in [2.45, 2.75) is 17.7 Å². The molecule has 3 aromatic carbocycles. The Kier molecular flexibility index (Phi) is 7.19. The number of nitrogens with zero attached hydrogens (tertiary/aromatic N) is 1. The summed E-state index contributed by atoms with van der Waals surface area (Å²) < 4.78 is 52.1. The summed E-state index contributed by atoms with van der Waals surface area (Å²) in [4.78, 5) is 2.15. The molecule has 1 aliphatic rings. The van der Waals surface area contributed by atoms with Gasteiger partial charge in [-0.3, -0.25) is 4.90 Å². The SMILES string of the molecule is O=S(=O)(C=C1CN([C@H](c2ccc(Cl)cc2)c2ccccc2CCl)C1)Cc1cc(F)cc(F)c1. The lowest BCUT2D eigenvalue weighted by Gasteiger charge is -2.41. The van der Waals surface area contributed by atoms with Crippen molar-refractivity contribution in [2.24, 2.45) is 0 Å². The van der Waals surface area contributed by atoms with Gasteiger partial charge < -0.3 is 0 Å². The Morgan fingerprint density at radius 2 is 1.61 bits per heavy atom. The van der Waals surface area contributed by atoms with Crippen LogP contribution in [0.1, 0.15) is 28.3 Å². The zero-order chi connectivity index (χ0) is 23.6. The van der Waals surface area contributed by atoms with Gasteiger partial charge in [-0.1, -0.05) is 48.0 Å². The molecule has 1 aliphatic heterocycles. The Balaban J connectivity index is 1.56. The fraction of sp³-hybridized carbons (Fsp3) is 0.200. The number of hydrogen-bond donors (Lipinski definition) is 0. The van der Waals surface area contributed by atoms with Gasteiger partial charge in [-0.2, -0.15) is 0 Å². The maximum Gasteiger partial charge on any atom is 0.175 e. The molecule has 0 saturated carbocycles. The minimum absolute atomic E-state index is 0.0793. The van der Waals surface area contributed by atoms with Gasteiger partial charge in [-0.25, -0.2) is 17.2 Å². The summed E-state index contributed by atoms with van der Waals surface area (Å²) in [6.07, 6.45) is 0. The molecule has 0 unspecified atom stereocenters. The molecule has 0 spiro atoms. The number of sulfone groups is 1. The third-order valence-electron chi connectivity index (χ3n) is 5.49. The number of likely N-dealkylation sites (tertiary alicyclic amines) is 1. The Labute approximate surface area is 202 Å². The molecular formula is C25H21Cl2F2NO2S. The highest BCUT2D eigenvalue weighted by atomic mass is 35.5. The smallest absolute Gasteiger partial charge is 0.175 e. The van der Waals surface area contributed by atoms with Crippen LogP contribution in [0, 0.1) is 11.6 Å². The van der Waals surface area contributed by atoms with Crippen LogP contribution in [0.4, 0.5) is 8.78 Å². The first-order valence-electron chi connectivity index (χ1n) is 10.2. The Morgan fingerprint density at radius 1 is 0.970 bits per heavy atom. The lowest BCUT2D eigenvalue weighted by Crippen LogP contribution is -2.43. The van der Waals surface area contributed by atoms with E-state index >= 15 is 0 Å². The van der Waals surface area contributed by atoms with Crippen LogP contribution in [0.2, 0.25) is 5.02 Å². The van der Waals surface area contributed by atoms with E-state index in [-0.39, 0.29) is 11.6 Å². The predicted octanol–water partition coefficient (Wildman–Crippen LogP) is 6.26. The van der Waals surface area contributed by atoms with E-state index in [2.05, 4.69) is 4.90 Å². The molecule has 1 fully saturated rings. The summed E-state index contributed by atoms with van der Waals surface area (Å²) >= 11 is 12.3. The van der Waals surface area contributed by atoms with Crippen LogP contribution in [0.25, 0.3) is 0 Å². The Morgan fingerprint density at radius 3 is 2.24 bits per heavy atom. The van der Waals surface area contributed by atoms with Crippen molar-refractivity contribution < 1.29 is 17.2 Å². The molecule has 3 aromatic rings. The summed E-state index contributed by atoms with van der Waals surface area (Å²) in [6.45, 7) is 0.890. The van der Waals surface area contributed by atoms with Gasteiger partial charge in [-0.15, -0.1) is 11.6 Å². The number of benzene rings is 3. The highest BCUT2D eigenvalue weighted by molar-refractivity contribution is 7.93. The molecule has 0 aliphatic carbocycles. The van der Waals surface area contributed by atoms with Crippen LogP contribution in [0.5, 0.6) is 0 Å². The first kappa shape index (κ1) is 23.9. The third-order valence-corrected chi connectivity index (χ3v) is 7.46. The van der Waals surface area contributed by atoms with Crippen LogP contribution in [0.3, 0.4) is 0 Å². The quantitative estimate of drug-likeness (QED) is 0.354. The molecule has 8 heteroatoms. The minimum atomic E-state index is -3.69. The topological polar surface area (TPSA) is 37.4 Å². The van der Waals surface area contributed by atoms with E-state index in [0.717, 1.165) is 34.4 Å². The fourth-order valence-corrected chi connectivity index (χ4v) is 5.85. The zero-order valence-corrected chi connectivity index (χ0v) is 19.8. The van der Waals surface area contributed by atoms with E-state index < -0.39 is 27.2 Å². The summed E-state index contributed by atoms with van der Waals surface area (Å²) in [6, 6.07) is 18.1. The highest BCUT2D eigenvalue weighted by Crippen LogP contribution is 2.37. The van der Waals surface area contributed by atoms with E-state index in [1.54, 1.807) is 0 Å². The molecular weight excluding hydrogens is 487 g/mol. The molecule has 0 bridgehead atoms. The van der Waals surface area contributed by atoms with Crippen LogP contribution in [-0.4, -0.2) is 26.4 Å². The van der Waals surface area contributed by atoms with Crippen LogP contribution >= 0.6 is 23.2 Å². The van der Waals surface area contributed by atoms with Crippen LogP contribution < -0.4 is 0 Å². The lowest BCUT2D eigenvalue weighted by molar-refractivity contribution is 0.201. The second kappa shape index (κ2) is 9.94. The zero-order valence-electron chi connectivity index (χ0n) is 17.5. The standard InChI is InChI=1S/C25H21Cl2F2NO2S/c26-12-20-3-1-2-4-24(20)25(19-5-7-21(27)8-6-19)30-13-18(14-30)16-33(31,32)15-17-9-22(28)11-23(29)10-17/h1-11,16,25H,12-15H2/t25-/m1/s1. The van der Waals surface area contributed by atoms with Crippen molar-refractivity contribution in [2.75, 3.05) is 13.1 Å². The molecule has 1 saturated heterocycles. The first-order chi connectivity index (χ1) is 15.7. The minimum Gasteiger partial charge on any atom is -0.284 e. The monoisotopic (exact) mass is 507 g/mol. The van der Waals surface area contributed by atoms with E-state index in [0.29, 0.717) is 30.1 Å². The van der Waals surface area contributed by atoms with Gasteiger partial charge in [-0.05, 0) is 52.1 Å². The summed E-state index contributed by atoms with van der Waals surface area (Å²) in [5, 5.41) is 1.85. The molecule has 0 amide bonds. The van der Waals surface area contributed by atoms with Crippen molar-refractivity contribution >= 4 is 33.0 Å². The van der Waals surface area contributed by atoms with Gasteiger partial charge in [0.15, 0.2) is 9.84 Å². The van der Waals surface area contributed by atoms with Crippen molar-refractivity contribution in [3.8, 4) is 0 Å². The van der Waals surface area contributed by atoms with Crippen LogP contribution in [-0.2, 0) is 21.5 Å². The normalized spacial score (nSPS) is 15.2. The number of alkyl halides is 1. The molecule has 172 valence electrons. The van der Waals surface area contributed by atoms with Gasteiger partial charge >= 0.3 is 0 Å². The molecule has 0 radical (unpaired) electrons. The van der Waals surface area contributed by atoms with E-state index in [9.17, 15) is 17.2 Å². The summed E-state index contributed by atoms with van der Waals surface area (Å²) in [5.41, 5.74) is 3.88. The fourth-order valence-electron chi connectivity index (χ4n) is 4.11. The van der Waals surface area contributed by atoms with Crippen LogP contribution in [0.15, 0.2) is 77.7 Å². The number of halogens is 4. The van der Waals surface area contributed by atoms with Gasteiger partial charge in [0.05, 0.1) is 11.8 Å². The molecule has 1 heterocycles. The molecule has 0 aromatic heterocycles. The molecule has 33 heavy (non-hydrogen) atoms. The lowest BCUT2D eigenvalue weighted by atomic mass is 9.90. The Hall–Kier alpha value is -2.25. The summed E-state index contributed by atoms with van der Waals surface area (Å²) in [7, 11) is -3.69. The highest BCUT2D eigenvalue weighted by Gasteiger charge is 2.32. The Bertz CT molecular complexity index is 1270. The van der Waals surface area contributed by atoms with Crippen molar-refractivity contribution in [3.05, 3.63) is 117 Å². The van der Waals surface area contributed by atoms with Gasteiger partial charge in [0.1, 0.15) is 11.6 Å². The third kappa shape index (κ3) is 5.82. The second-order valence-corrected chi connectivity index (χ2v) is 10.6. The maximum absolute atomic E-state index is 13.4. The maximum atomic E-state index is 13.4. The predicted molar refractivity (Wildman–Crippen MR) is 128 cm³/mol. The largest absolute Gasteiger partial charge is 0.284 e. The second-order valence-electron chi connectivity index (χ2n) is 8.05. The van der Waals surface area contributed by atoms with Gasteiger partial charge in [0, 0.05) is 35.5 Å². The average molecular weight is 508 g/mol. The molecule has 3 nitrogen and oxygen atoms in total. The summed E-state index contributed by atoms with van der Waals surface area (Å²) in [5.74, 6) is -1.70. The van der Waals surface area contributed by atoms with Gasteiger partial charge in [0.25, 0.3) is 0 Å². The van der Waals surface area contributed by atoms with Crippen molar-refractivity contribution in [1.82, 2.24) is 4.90 Å².